The molecule has 0 spiro atoms. The number of ether oxygens (including phenoxy) is 2. The molecule has 0 aliphatic rings. The largest absolute Gasteiger partial charge is 0.490 e. The predicted octanol–water partition coefficient (Wildman–Crippen LogP) is 4.32. The molecule has 0 aliphatic heterocycles. The summed E-state index contributed by atoms with van der Waals surface area (Å²) < 4.78 is 34.6. The molecule has 0 aromatic heterocycles. The molecule has 0 heterocycles. The molecule has 0 atom stereocenters. The molecule has 0 bridgehead atoms. The zero-order chi connectivity index (χ0) is 20.2. The molecule has 0 unspecified atom stereocenters. The Hall–Kier alpha value is -3.09. The van der Waals surface area contributed by atoms with Crippen LogP contribution < -0.4 is 20.1 Å². The SMILES string of the molecule is CCOc1cc(C=CC(=O)NCCCNc2ccccc2)ccc1OC(F)F. The first kappa shape index (κ1) is 21.2. The van der Waals surface area contributed by atoms with E-state index in [0.29, 0.717) is 18.7 Å². The molecule has 2 rings (SSSR count). The molecule has 0 radical (unpaired) electrons. The predicted molar refractivity (Wildman–Crippen MR) is 106 cm³/mol. The van der Waals surface area contributed by atoms with Gasteiger partial charge in [-0.05, 0) is 49.2 Å². The van der Waals surface area contributed by atoms with Gasteiger partial charge in [-0.15, -0.1) is 0 Å². The van der Waals surface area contributed by atoms with Crippen LogP contribution in [-0.2, 0) is 4.79 Å². The fourth-order valence-electron chi connectivity index (χ4n) is 2.41. The van der Waals surface area contributed by atoms with E-state index < -0.39 is 6.61 Å². The van der Waals surface area contributed by atoms with Crippen molar-refractivity contribution in [1.82, 2.24) is 5.32 Å². The van der Waals surface area contributed by atoms with E-state index >= 15 is 0 Å². The lowest BCUT2D eigenvalue weighted by atomic mass is 10.2. The van der Waals surface area contributed by atoms with Gasteiger partial charge in [0.2, 0.25) is 5.91 Å². The molecule has 0 saturated carbocycles. The zero-order valence-electron chi connectivity index (χ0n) is 15.7. The van der Waals surface area contributed by atoms with Crippen LogP contribution in [0.1, 0.15) is 18.9 Å². The average molecular weight is 390 g/mol. The van der Waals surface area contributed by atoms with Crippen molar-refractivity contribution < 1.29 is 23.0 Å². The Bertz CT molecular complexity index is 768. The highest BCUT2D eigenvalue weighted by molar-refractivity contribution is 5.91. The minimum absolute atomic E-state index is 0.0376. The summed E-state index contributed by atoms with van der Waals surface area (Å²) in [7, 11) is 0. The molecule has 0 fully saturated rings. The number of para-hydroxylation sites is 1. The van der Waals surface area contributed by atoms with E-state index in [0.717, 1.165) is 18.7 Å². The van der Waals surface area contributed by atoms with Gasteiger partial charge in [-0.1, -0.05) is 24.3 Å². The topological polar surface area (TPSA) is 59.6 Å². The summed E-state index contributed by atoms with van der Waals surface area (Å²) in [6, 6.07) is 14.3. The van der Waals surface area contributed by atoms with Gasteiger partial charge in [0.15, 0.2) is 11.5 Å². The first-order valence-electron chi connectivity index (χ1n) is 9.05. The van der Waals surface area contributed by atoms with Crippen molar-refractivity contribution in [3.05, 3.63) is 60.2 Å². The molecule has 0 saturated heterocycles. The van der Waals surface area contributed by atoms with Crippen LogP contribution in [0.4, 0.5) is 14.5 Å². The van der Waals surface area contributed by atoms with Gasteiger partial charge in [0.1, 0.15) is 0 Å². The van der Waals surface area contributed by atoms with Crippen molar-refractivity contribution in [2.45, 2.75) is 20.0 Å². The van der Waals surface area contributed by atoms with E-state index in [1.54, 1.807) is 25.1 Å². The number of benzene rings is 2. The summed E-state index contributed by atoms with van der Waals surface area (Å²) in [6.07, 6.45) is 3.76. The maximum atomic E-state index is 12.4. The van der Waals surface area contributed by atoms with E-state index in [1.165, 1.54) is 12.1 Å². The minimum atomic E-state index is -2.93. The number of hydrogen-bond donors (Lipinski definition) is 2. The minimum Gasteiger partial charge on any atom is -0.490 e. The third-order valence-corrected chi connectivity index (χ3v) is 3.67. The number of rotatable bonds is 11. The first-order valence-corrected chi connectivity index (χ1v) is 9.05. The second-order valence-corrected chi connectivity index (χ2v) is 5.79. The highest BCUT2D eigenvalue weighted by Gasteiger charge is 2.11. The maximum Gasteiger partial charge on any atom is 0.387 e. The van der Waals surface area contributed by atoms with Gasteiger partial charge in [0.25, 0.3) is 0 Å². The fourth-order valence-corrected chi connectivity index (χ4v) is 2.41. The van der Waals surface area contributed by atoms with Crippen LogP contribution in [0.5, 0.6) is 11.5 Å². The van der Waals surface area contributed by atoms with Crippen LogP contribution in [0.2, 0.25) is 0 Å². The highest BCUT2D eigenvalue weighted by atomic mass is 19.3. The molecule has 28 heavy (non-hydrogen) atoms. The second kappa shape index (κ2) is 11.6. The van der Waals surface area contributed by atoms with Crippen molar-refractivity contribution in [2.75, 3.05) is 25.0 Å². The van der Waals surface area contributed by atoms with E-state index in [-0.39, 0.29) is 17.4 Å². The maximum absolute atomic E-state index is 12.4. The van der Waals surface area contributed by atoms with Crippen molar-refractivity contribution in [3.63, 3.8) is 0 Å². The van der Waals surface area contributed by atoms with Gasteiger partial charge < -0.3 is 20.1 Å². The summed E-state index contributed by atoms with van der Waals surface area (Å²) in [4.78, 5) is 11.9. The molecule has 7 heteroatoms. The van der Waals surface area contributed by atoms with Crippen molar-refractivity contribution in [3.8, 4) is 11.5 Å². The molecule has 150 valence electrons. The van der Waals surface area contributed by atoms with E-state index in [9.17, 15) is 13.6 Å². The Kier molecular flexibility index (Phi) is 8.78. The van der Waals surface area contributed by atoms with Gasteiger partial charge in [0, 0.05) is 24.9 Å². The Morgan fingerprint density at radius 1 is 1.11 bits per heavy atom. The lowest BCUT2D eigenvalue weighted by molar-refractivity contribution is -0.116. The highest BCUT2D eigenvalue weighted by Crippen LogP contribution is 2.30. The number of halogens is 2. The Labute approximate surface area is 163 Å². The summed E-state index contributed by atoms with van der Waals surface area (Å²) in [5.74, 6) is -0.0627. The molecule has 5 nitrogen and oxygen atoms in total. The van der Waals surface area contributed by atoms with E-state index in [2.05, 4.69) is 15.4 Å². The van der Waals surface area contributed by atoms with Gasteiger partial charge in [0.05, 0.1) is 6.61 Å². The van der Waals surface area contributed by atoms with Crippen LogP contribution >= 0.6 is 0 Å². The average Bonchev–Trinajstić information content (AvgIpc) is 2.68. The monoisotopic (exact) mass is 390 g/mol. The molecule has 1 amide bonds. The van der Waals surface area contributed by atoms with Crippen molar-refractivity contribution in [1.29, 1.82) is 0 Å². The number of alkyl halides is 2. The quantitative estimate of drug-likeness (QED) is 0.443. The number of carbonyl (C=O) groups excluding carboxylic acids is 1. The number of amides is 1. The summed E-state index contributed by atoms with van der Waals surface area (Å²) in [5, 5.41) is 6.06. The van der Waals surface area contributed by atoms with Gasteiger partial charge in [-0.3, -0.25) is 4.79 Å². The third kappa shape index (κ3) is 7.65. The molecule has 2 N–H and O–H groups in total. The van der Waals surface area contributed by atoms with Crippen molar-refractivity contribution >= 4 is 17.7 Å². The van der Waals surface area contributed by atoms with Gasteiger partial charge in [-0.2, -0.15) is 8.78 Å². The lowest BCUT2D eigenvalue weighted by Crippen LogP contribution is -2.23. The van der Waals surface area contributed by atoms with Crippen LogP contribution in [0, 0.1) is 0 Å². The van der Waals surface area contributed by atoms with Gasteiger partial charge in [-0.25, -0.2) is 0 Å². The molecular weight excluding hydrogens is 366 g/mol. The first-order chi connectivity index (χ1) is 13.6. The number of hydrogen-bond acceptors (Lipinski definition) is 4. The van der Waals surface area contributed by atoms with E-state index in [1.807, 2.05) is 30.3 Å². The van der Waals surface area contributed by atoms with Crippen LogP contribution in [0.3, 0.4) is 0 Å². The molecule has 2 aromatic rings. The molecule has 0 aliphatic carbocycles. The number of nitrogens with one attached hydrogen (secondary N) is 2. The molecular formula is C21H24F2N2O3. The van der Waals surface area contributed by atoms with E-state index in [4.69, 9.17) is 4.74 Å². The fraction of sp³-hybridized carbons (Fsp3) is 0.286. The summed E-state index contributed by atoms with van der Waals surface area (Å²) >= 11 is 0. The molecule has 2 aromatic carbocycles. The second-order valence-electron chi connectivity index (χ2n) is 5.79. The Morgan fingerprint density at radius 3 is 2.61 bits per heavy atom. The summed E-state index contributed by atoms with van der Waals surface area (Å²) in [6.45, 7) is 0.410. The number of anilines is 1. The lowest BCUT2D eigenvalue weighted by Gasteiger charge is -2.11. The smallest absolute Gasteiger partial charge is 0.387 e. The normalized spacial score (nSPS) is 10.9. The number of carbonyl (C=O) groups is 1. The van der Waals surface area contributed by atoms with Crippen LogP contribution in [0.25, 0.3) is 6.08 Å². The Balaban J connectivity index is 1.78. The Morgan fingerprint density at radius 2 is 1.89 bits per heavy atom. The van der Waals surface area contributed by atoms with Gasteiger partial charge >= 0.3 is 6.61 Å². The zero-order valence-corrected chi connectivity index (χ0v) is 15.7. The van der Waals surface area contributed by atoms with Crippen LogP contribution in [-0.4, -0.2) is 32.2 Å². The van der Waals surface area contributed by atoms with Crippen molar-refractivity contribution in [2.24, 2.45) is 0 Å². The summed E-state index contributed by atoms with van der Waals surface area (Å²) in [5.41, 5.74) is 1.68. The standard InChI is InChI=1S/C21H24F2N2O3/c1-2-27-19-15-16(9-11-18(19)28-21(22)23)10-12-20(26)25-14-6-13-24-17-7-4-3-5-8-17/h3-5,7-12,15,21,24H,2,6,13-14H2,1H3,(H,25,26). The third-order valence-electron chi connectivity index (χ3n) is 3.67. The van der Waals surface area contributed by atoms with Crippen LogP contribution in [0.15, 0.2) is 54.6 Å².